The molecule has 0 spiro atoms. The molecule has 0 saturated carbocycles. The van der Waals surface area contributed by atoms with Crippen molar-refractivity contribution in [2.24, 2.45) is 5.11 Å². The number of carbonyl (C=O) groups is 1. The third-order valence-corrected chi connectivity index (χ3v) is 3.13. The Morgan fingerprint density at radius 1 is 1.55 bits per heavy atom. The minimum absolute atomic E-state index is 0.348. The van der Waals surface area contributed by atoms with Crippen LogP contribution in [0, 0.1) is 0 Å². The molecule has 1 atom stereocenters. The fourth-order valence-electron chi connectivity index (χ4n) is 1.61. The fraction of sp³-hybridized carbons (Fsp3) is 0.417. The molecule has 6 nitrogen and oxygen atoms in total. The third kappa shape index (κ3) is 4.90. The Hall–Kier alpha value is -1.46. The van der Waals surface area contributed by atoms with Gasteiger partial charge in [0.05, 0.1) is 7.11 Å². The highest BCUT2D eigenvalue weighted by Gasteiger charge is 2.23. The number of azide groups is 1. The van der Waals surface area contributed by atoms with Crippen LogP contribution >= 0.6 is 23.2 Å². The summed E-state index contributed by atoms with van der Waals surface area (Å²) in [6.45, 7) is 0.822. The van der Waals surface area contributed by atoms with Gasteiger partial charge >= 0.3 is 5.97 Å². The first kappa shape index (κ1) is 16.6. The summed E-state index contributed by atoms with van der Waals surface area (Å²) in [6, 6.07) is 4.17. The molecule has 0 bridgehead atoms. The van der Waals surface area contributed by atoms with Gasteiger partial charge in [-0.25, -0.2) is 4.79 Å². The number of hydrogen-bond acceptors (Lipinski definition) is 4. The van der Waals surface area contributed by atoms with E-state index < -0.39 is 12.0 Å². The molecule has 20 heavy (non-hydrogen) atoms. The lowest BCUT2D eigenvalue weighted by molar-refractivity contribution is -0.143. The van der Waals surface area contributed by atoms with Crippen molar-refractivity contribution in [3.05, 3.63) is 44.3 Å². The average molecular weight is 317 g/mol. The molecule has 0 heterocycles. The second kappa shape index (κ2) is 8.66. The summed E-state index contributed by atoms with van der Waals surface area (Å²) in [5.41, 5.74) is 8.73. The summed E-state index contributed by atoms with van der Waals surface area (Å²) in [6.07, 6.45) is 0.593. The second-order valence-corrected chi connectivity index (χ2v) is 4.73. The van der Waals surface area contributed by atoms with Crippen molar-refractivity contribution in [3.63, 3.8) is 0 Å². The van der Waals surface area contributed by atoms with Gasteiger partial charge in [0.2, 0.25) is 0 Å². The lowest BCUT2D eigenvalue weighted by Crippen LogP contribution is -2.31. The Balaban J connectivity index is 2.81. The predicted octanol–water partition coefficient (Wildman–Crippen LogP) is 3.50. The topological polar surface area (TPSA) is 87.1 Å². The number of ether oxygens (including phenoxy) is 1. The first-order valence-corrected chi connectivity index (χ1v) is 6.62. The highest BCUT2D eigenvalue weighted by Crippen LogP contribution is 2.27. The number of halogens is 2. The van der Waals surface area contributed by atoms with Gasteiger partial charge in [0.1, 0.15) is 6.04 Å². The first-order chi connectivity index (χ1) is 9.60. The molecule has 0 radical (unpaired) electrons. The summed E-state index contributed by atoms with van der Waals surface area (Å²) in [5, 5.41) is 7.33. The summed E-state index contributed by atoms with van der Waals surface area (Å²) in [4.78, 5) is 14.5. The van der Waals surface area contributed by atoms with Gasteiger partial charge in [0, 0.05) is 27.1 Å². The van der Waals surface area contributed by atoms with Crippen LogP contribution < -0.4 is 5.32 Å². The van der Waals surface area contributed by atoms with Crippen molar-refractivity contribution in [2.75, 3.05) is 20.2 Å². The molecular formula is C12H14Cl2N4O2. The van der Waals surface area contributed by atoms with Gasteiger partial charge in [-0.2, -0.15) is 0 Å². The number of methoxy groups -OCH3 is 1. The van der Waals surface area contributed by atoms with Crippen LogP contribution in [-0.2, 0) is 9.53 Å². The SMILES string of the molecule is COC(=O)C(NCCCN=[N+]=[N-])c1cc(Cl)ccc1Cl. The van der Waals surface area contributed by atoms with Crippen LogP contribution in [0.1, 0.15) is 18.0 Å². The number of esters is 1. The van der Waals surface area contributed by atoms with Gasteiger partial charge in [-0.1, -0.05) is 28.3 Å². The predicted molar refractivity (Wildman–Crippen MR) is 77.9 cm³/mol. The summed E-state index contributed by atoms with van der Waals surface area (Å²) in [5.74, 6) is -0.460. The maximum atomic E-state index is 11.8. The summed E-state index contributed by atoms with van der Waals surface area (Å²) < 4.78 is 4.75. The van der Waals surface area contributed by atoms with E-state index in [-0.39, 0.29) is 0 Å². The molecule has 108 valence electrons. The molecule has 0 amide bonds. The lowest BCUT2D eigenvalue weighted by Gasteiger charge is -2.18. The van der Waals surface area contributed by atoms with E-state index in [0.717, 1.165) is 0 Å². The van der Waals surface area contributed by atoms with E-state index in [9.17, 15) is 4.79 Å². The largest absolute Gasteiger partial charge is 0.468 e. The van der Waals surface area contributed by atoms with Crippen molar-refractivity contribution < 1.29 is 9.53 Å². The van der Waals surface area contributed by atoms with Crippen LogP contribution in [0.25, 0.3) is 10.4 Å². The average Bonchev–Trinajstić information content (AvgIpc) is 2.45. The highest BCUT2D eigenvalue weighted by atomic mass is 35.5. The van der Waals surface area contributed by atoms with Crippen molar-refractivity contribution >= 4 is 29.2 Å². The normalized spacial score (nSPS) is 11.6. The van der Waals surface area contributed by atoms with E-state index in [1.54, 1.807) is 18.2 Å². The van der Waals surface area contributed by atoms with E-state index >= 15 is 0 Å². The minimum atomic E-state index is -0.711. The fourth-order valence-corrected chi connectivity index (χ4v) is 2.02. The zero-order valence-corrected chi connectivity index (χ0v) is 12.4. The van der Waals surface area contributed by atoms with E-state index in [1.807, 2.05) is 0 Å². The van der Waals surface area contributed by atoms with Gasteiger partial charge in [-0.3, -0.25) is 0 Å². The van der Waals surface area contributed by atoms with Crippen molar-refractivity contribution in [2.45, 2.75) is 12.5 Å². The monoisotopic (exact) mass is 316 g/mol. The molecule has 8 heteroatoms. The quantitative estimate of drug-likeness (QED) is 0.274. The Kier molecular flexibility index (Phi) is 7.18. The molecule has 1 aromatic carbocycles. The van der Waals surface area contributed by atoms with Gasteiger partial charge in [-0.05, 0) is 36.7 Å². The van der Waals surface area contributed by atoms with E-state index in [2.05, 4.69) is 15.3 Å². The maximum absolute atomic E-state index is 11.8. The molecule has 0 aliphatic rings. The van der Waals surface area contributed by atoms with Crippen LogP contribution in [0.5, 0.6) is 0 Å². The van der Waals surface area contributed by atoms with E-state index in [0.29, 0.717) is 35.1 Å². The Morgan fingerprint density at radius 2 is 2.30 bits per heavy atom. The summed E-state index contributed by atoms with van der Waals surface area (Å²) >= 11 is 12.0. The van der Waals surface area contributed by atoms with Crippen molar-refractivity contribution in [1.29, 1.82) is 0 Å². The van der Waals surface area contributed by atoms with Crippen LogP contribution in [-0.4, -0.2) is 26.2 Å². The van der Waals surface area contributed by atoms with Crippen LogP contribution in [0.15, 0.2) is 23.3 Å². The number of nitrogens with zero attached hydrogens (tertiary/aromatic N) is 3. The molecule has 0 aliphatic heterocycles. The Morgan fingerprint density at radius 3 is 2.95 bits per heavy atom. The summed E-state index contributed by atoms with van der Waals surface area (Å²) in [7, 11) is 1.30. The molecule has 1 rings (SSSR count). The lowest BCUT2D eigenvalue weighted by atomic mass is 10.1. The minimum Gasteiger partial charge on any atom is -0.468 e. The Bertz CT molecular complexity index is 518. The zero-order chi connectivity index (χ0) is 15.0. The number of benzene rings is 1. The van der Waals surface area contributed by atoms with Gasteiger partial charge in [0.25, 0.3) is 0 Å². The second-order valence-electron chi connectivity index (χ2n) is 3.88. The smallest absolute Gasteiger partial charge is 0.327 e. The molecule has 1 aromatic rings. The third-order valence-electron chi connectivity index (χ3n) is 2.55. The van der Waals surface area contributed by atoms with Gasteiger partial charge in [0.15, 0.2) is 0 Å². The molecule has 0 aromatic heterocycles. The molecule has 0 fully saturated rings. The maximum Gasteiger partial charge on any atom is 0.327 e. The van der Waals surface area contributed by atoms with Crippen LogP contribution in [0.4, 0.5) is 0 Å². The molecule has 1 N–H and O–H groups in total. The highest BCUT2D eigenvalue weighted by molar-refractivity contribution is 6.33. The van der Waals surface area contributed by atoms with E-state index in [4.69, 9.17) is 33.5 Å². The molecule has 1 unspecified atom stereocenters. The first-order valence-electron chi connectivity index (χ1n) is 5.87. The zero-order valence-electron chi connectivity index (χ0n) is 10.8. The number of hydrogen-bond donors (Lipinski definition) is 1. The van der Waals surface area contributed by atoms with Crippen LogP contribution in [0.2, 0.25) is 10.0 Å². The molecular weight excluding hydrogens is 303 g/mol. The van der Waals surface area contributed by atoms with E-state index in [1.165, 1.54) is 7.11 Å². The number of rotatable bonds is 7. The Labute approximate surface area is 126 Å². The molecule has 0 aliphatic carbocycles. The standard InChI is InChI=1S/C12H14Cl2N4O2/c1-20-12(19)11(16-5-2-6-17-18-15)9-7-8(13)3-4-10(9)14/h3-4,7,11,16H,2,5-6H2,1H3. The van der Waals surface area contributed by atoms with Crippen LogP contribution in [0.3, 0.4) is 0 Å². The van der Waals surface area contributed by atoms with Gasteiger partial charge < -0.3 is 10.1 Å². The molecule has 0 saturated heterocycles. The number of nitrogens with one attached hydrogen (secondary N) is 1. The van der Waals surface area contributed by atoms with Crippen molar-refractivity contribution in [1.82, 2.24) is 5.32 Å². The number of carbonyl (C=O) groups excluding carboxylic acids is 1. The van der Waals surface area contributed by atoms with Gasteiger partial charge in [-0.15, -0.1) is 0 Å². The van der Waals surface area contributed by atoms with Crippen molar-refractivity contribution in [3.8, 4) is 0 Å².